The van der Waals surface area contributed by atoms with Crippen molar-refractivity contribution in [1.29, 1.82) is 0 Å². The normalized spacial score (nSPS) is 18.6. The van der Waals surface area contributed by atoms with E-state index in [0.717, 1.165) is 28.6 Å². The van der Waals surface area contributed by atoms with E-state index in [1.807, 2.05) is 0 Å². The molecular weight excluding hydrogens is 441 g/mol. The molecule has 2 heterocycles. The molecule has 0 bridgehead atoms. The number of sulfonamides is 1. The highest BCUT2D eigenvalue weighted by Gasteiger charge is 2.47. The van der Waals surface area contributed by atoms with Gasteiger partial charge >= 0.3 is 6.18 Å². The van der Waals surface area contributed by atoms with E-state index < -0.39 is 39.4 Å². The van der Waals surface area contributed by atoms with E-state index in [4.69, 9.17) is 0 Å². The molecule has 0 saturated heterocycles. The number of anilines is 1. The Morgan fingerprint density at radius 2 is 1.68 bits per heavy atom. The molecule has 1 N–H and O–H groups in total. The van der Waals surface area contributed by atoms with Gasteiger partial charge in [-0.3, -0.25) is 9.40 Å². The number of nitrogens with one attached hydrogen (secondary N) is 1. The largest absolute Gasteiger partial charge is 0.416 e. The van der Waals surface area contributed by atoms with Crippen LogP contribution in [-0.2, 0) is 16.2 Å². The quantitative estimate of drug-likeness (QED) is 0.563. The maximum absolute atomic E-state index is 14.2. The highest BCUT2D eigenvalue weighted by atomic mass is 32.2. The second-order valence-electron chi connectivity index (χ2n) is 7.59. The third-order valence-corrected chi connectivity index (χ3v) is 7.40. The molecule has 1 aliphatic heterocycles. The van der Waals surface area contributed by atoms with Crippen LogP contribution in [0.25, 0.3) is 11.3 Å². The molecular formula is C20H14F5N3O2S. The van der Waals surface area contributed by atoms with Crippen LogP contribution >= 0.6 is 0 Å². The Bertz CT molecular complexity index is 1280. The standard InChI is InChI=1S/C20H14F5N3O2S/c21-15-7-13-17(8-16(15)22)28(19(10-1-2-10)14-9-26-27-18(13)14)31(29,30)12-5-3-11(4-6-12)20(23,24)25/h3-10,19H,1-2H2,(H,26,27). The van der Waals surface area contributed by atoms with E-state index in [1.54, 1.807) is 0 Å². The summed E-state index contributed by atoms with van der Waals surface area (Å²) in [6, 6.07) is 4.04. The highest BCUT2D eigenvalue weighted by Crippen LogP contribution is 2.55. The van der Waals surface area contributed by atoms with Crippen LogP contribution in [-0.4, -0.2) is 18.6 Å². The topological polar surface area (TPSA) is 66.1 Å². The highest BCUT2D eigenvalue weighted by molar-refractivity contribution is 7.92. The maximum Gasteiger partial charge on any atom is 0.416 e. The van der Waals surface area contributed by atoms with Crippen LogP contribution in [0.2, 0.25) is 0 Å². The van der Waals surface area contributed by atoms with Crippen LogP contribution < -0.4 is 4.31 Å². The monoisotopic (exact) mass is 455 g/mol. The minimum Gasteiger partial charge on any atom is -0.277 e. The molecule has 11 heteroatoms. The van der Waals surface area contributed by atoms with Crippen molar-refractivity contribution in [2.24, 2.45) is 5.92 Å². The predicted octanol–water partition coefficient (Wildman–Crippen LogP) is 5.03. The molecule has 5 rings (SSSR count). The van der Waals surface area contributed by atoms with Gasteiger partial charge in [0.1, 0.15) is 0 Å². The number of rotatable bonds is 3. The minimum atomic E-state index is -4.62. The van der Waals surface area contributed by atoms with Crippen molar-refractivity contribution in [2.45, 2.75) is 30.0 Å². The first-order valence-corrected chi connectivity index (χ1v) is 10.8. The molecule has 31 heavy (non-hydrogen) atoms. The predicted molar refractivity (Wildman–Crippen MR) is 101 cm³/mol. The lowest BCUT2D eigenvalue weighted by atomic mass is 9.93. The lowest BCUT2D eigenvalue weighted by Crippen LogP contribution is -2.38. The summed E-state index contributed by atoms with van der Waals surface area (Å²) < 4.78 is 95.0. The first kappa shape index (κ1) is 20.0. The number of fused-ring (bicyclic) bond motifs is 3. The summed E-state index contributed by atoms with van der Waals surface area (Å²) in [6.07, 6.45) is -1.75. The summed E-state index contributed by atoms with van der Waals surface area (Å²) >= 11 is 0. The molecule has 1 atom stereocenters. The average Bonchev–Trinajstić information content (AvgIpc) is 3.43. The van der Waals surface area contributed by atoms with E-state index in [-0.39, 0.29) is 22.1 Å². The van der Waals surface area contributed by atoms with Crippen LogP contribution in [0.4, 0.5) is 27.6 Å². The van der Waals surface area contributed by atoms with E-state index in [0.29, 0.717) is 36.2 Å². The molecule has 0 amide bonds. The van der Waals surface area contributed by atoms with Crippen LogP contribution in [0.1, 0.15) is 30.0 Å². The number of halogens is 5. The van der Waals surface area contributed by atoms with Gasteiger partial charge in [0.25, 0.3) is 10.0 Å². The van der Waals surface area contributed by atoms with Crippen molar-refractivity contribution in [1.82, 2.24) is 10.2 Å². The lowest BCUT2D eigenvalue weighted by Gasteiger charge is -2.37. The average molecular weight is 455 g/mol. The third-order valence-electron chi connectivity index (χ3n) is 5.59. The van der Waals surface area contributed by atoms with Crippen LogP contribution in [0, 0.1) is 17.6 Å². The summed E-state index contributed by atoms with van der Waals surface area (Å²) in [7, 11) is -4.41. The van der Waals surface area contributed by atoms with Crippen molar-refractivity contribution < 1.29 is 30.4 Å². The van der Waals surface area contributed by atoms with Gasteiger partial charge in [0.05, 0.1) is 34.1 Å². The number of hydrogen-bond donors (Lipinski definition) is 1. The van der Waals surface area contributed by atoms with Gasteiger partial charge in [0, 0.05) is 17.2 Å². The molecule has 0 radical (unpaired) electrons. The molecule has 1 unspecified atom stereocenters. The van der Waals surface area contributed by atoms with E-state index >= 15 is 0 Å². The molecule has 5 nitrogen and oxygen atoms in total. The zero-order valence-electron chi connectivity index (χ0n) is 15.6. The van der Waals surface area contributed by atoms with E-state index in [1.165, 1.54) is 6.20 Å². The number of hydrogen-bond acceptors (Lipinski definition) is 3. The third kappa shape index (κ3) is 3.10. The van der Waals surface area contributed by atoms with Gasteiger partial charge in [0.2, 0.25) is 0 Å². The first-order chi connectivity index (χ1) is 14.6. The van der Waals surface area contributed by atoms with Crippen molar-refractivity contribution in [3.05, 3.63) is 65.4 Å². The van der Waals surface area contributed by atoms with Crippen molar-refractivity contribution in [2.75, 3.05) is 4.31 Å². The van der Waals surface area contributed by atoms with Crippen LogP contribution in [0.15, 0.2) is 47.5 Å². The fourth-order valence-electron chi connectivity index (χ4n) is 4.00. The summed E-state index contributed by atoms with van der Waals surface area (Å²) in [6.45, 7) is 0. The first-order valence-electron chi connectivity index (χ1n) is 9.33. The number of alkyl halides is 3. The fourth-order valence-corrected chi connectivity index (χ4v) is 5.70. The Morgan fingerprint density at radius 1 is 1.03 bits per heavy atom. The molecule has 1 saturated carbocycles. The molecule has 1 fully saturated rings. The Labute approximate surface area is 173 Å². The summed E-state index contributed by atoms with van der Waals surface area (Å²) in [4.78, 5) is -0.381. The Kier molecular flexibility index (Phi) is 4.20. The van der Waals surface area contributed by atoms with E-state index in [9.17, 15) is 30.4 Å². The molecule has 2 aliphatic rings. The van der Waals surface area contributed by atoms with E-state index in [2.05, 4.69) is 10.2 Å². The molecule has 2 aromatic carbocycles. The molecule has 3 aromatic rings. The molecule has 0 spiro atoms. The second kappa shape index (κ2) is 6.52. The molecule has 1 aromatic heterocycles. The maximum atomic E-state index is 14.2. The second-order valence-corrected chi connectivity index (χ2v) is 9.40. The Balaban J connectivity index is 1.71. The zero-order chi connectivity index (χ0) is 22.1. The van der Waals surface area contributed by atoms with Crippen LogP contribution in [0.5, 0.6) is 0 Å². The molecule has 1 aliphatic carbocycles. The van der Waals surface area contributed by atoms with Crippen molar-refractivity contribution in [3.63, 3.8) is 0 Å². The SMILES string of the molecule is O=S(=O)(c1ccc(C(F)(F)F)cc1)N1c2cc(F)c(F)cc2-c2[nH]ncc2C1C1CC1. The summed E-state index contributed by atoms with van der Waals surface area (Å²) in [5, 5.41) is 6.68. The summed E-state index contributed by atoms with van der Waals surface area (Å²) in [5.74, 6) is -2.47. The van der Waals surface area contributed by atoms with Gasteiger partial charge in [-0.2, -0.15) is 18.3 Å². The number of nitrogens with zero attached hydrogens (tertiary/aromatic N) is 2. The number of benzene rings is 2. The lowest BCUT2D eigenvalue weighted by molar-refractivity contribution is -0.137. The fraction of sp³-hybridized carbons (Fsp3) is 0.250. The van der Waals surface area contributed by atoms with Gasteiger partial charge < -0.3 is 0 Å². The van der Waals surface area contributed by atoms with Crippen molar-refractivity contribution >= 4 is 15.7 Å². The minimum absolute atomic E-state index is 0.0816. The molecule has 162 valence electrons. The number of H-pyrrole nitrogens is 1. The van der Waals surface area contributed by atoms with Gasteiger partial charge in [-0.05, 0) is 49.1 Å². The van der Waals surface area contributed by atoms with Crippen molar-refractivity contribution in [3.8, 4) is 11.3 Å². The Hall–Kier alpha value is -2.95. The van der Waals surface area contributed by atoms with Gasteiger partial charge in [-0.1, -0.05) is 0 Å². The summed E-state index contributed by atoms with van der Waals surface area (Å²) in [5.41, 5.74) is -0.0677. The van der Waals surface area contributed by atoms with Gasteiger partial charge in [-0.25, -0.2) is 17.2 Å². The number of aromatic amines is 1. The van der Waals surface area contributed by atoms with Gasteiger partial charge in [-0.15, -0.1) is 0 Å². The van der Waals surface area contributed by atoms with Crippen LogP contribution in [0.3, 0.4) is 0 Å². The smallest absolute Gasteiger partial charge is 0.277 e. The zero-order valence-corrected chi connectivity index (χ0v) is 16.4. The van der Waals surface area contributed by atoms with Gasteiger partial charge in [0.15, 0.2) is 11.6 Å². The number of aromatic nitrogens is 2. The Morgan fingerprint density at radius 3 is 2.29 bits per heavy atom.